The van der Waals surface area contributed by atoms with Gasteiger partial charge in [-0.3, -0.25) is 10.3 Å². The van der Waals surface area contributed by atoms with Crippen molar-refractivity contribution in [2.75, 3.05) is 7.11 Å². The van der Waals surface area contributed by atoms with Gasteiger partial charge in [0.05, 0.1) is 18.6 Å². The molecule has 0 fully saturated rings. The predicted molar refractivity (Wildman–Crippen MR) is 115 cm³/mol. The minimum Gasteiger partial charge on any atom is -0.463 e. The van der Waals surface area contributed by atoms with Gasteiger partial charge >= 0.3 is 0 Å². The van der Waals surface area contributed by atoms with Crippen LogP contribution in [0.3, 0.4) is 0 Å². The molecule has 1 aliphatic rings. The number of hydrogen-bond donors (Lipinski definition) is 2. The number of aliphatic hydroxyl groups excluding tert-OH is 1. The van der Waals surface area contributed by atoms with Crippen molar-refractivity contribution in [2.45, 2.75) is 64.9 Å². The molecule has 0 saturated heterocycles. The summed E-state index contributed by atoms with van der Waals surface area (Å²) in [4.78, 5) is 7.87. The Bertz CT molecular complexity index is 863. The maximum Gasteiger partial charge on any atom is 0.126 e. The van der Waals surface area contributed by atoms with Crippen LogP contribution in [0.4, 0.5) is 0 Å². The van der Waals surface area contributed by atoms with E-state index >= 15 is 0 Å². The normalized spacial score (nSPS) is 17.9. The Balaban J connectivity index is 1.99. The zero-order chi connectivity index (χ0) is 20.5. The number of ether oxygens (including phenoxy) is 1. The SMILES string of the molecule is CONC(=COc1ccc(CO)cc1)c1sc2c(c1C)C(C)(C)CCC2(C)C. The first-order valence-electron chi connectivity index (χ1n) is 9.70. The Hall–Kier alpha value is -1.82. The molecule has 0 spiro atoms. The van der Waals surface area contributed by atoms with Crippen LogP contribution in [0.25, 0.3) is 5.70 Å². The largest absolute Gasteiger partial charge is 0.463 e. The number of hydrogen-bond acceptors (Lipinski definition) is 5. The average Bonchev–Trinajstić information content (AvgIpc) is 3.03. The molecule has 0 saturated carbocycles. The van der Waals surface area contributed by atoms with Gasteiger partial charge in [-0.2, -0.15) is 0 Å². The molecule has 1 aromatic heterocycles. The van der Waals surface area contributed by atoms with Crippen LogP contribution < -0.4 is 10.2 Å². The zero-order valence-corrected chi connectivity index (χ0v) is 18.5. The molecule has 5 heteroatoms. The summed E-state index contributed by atoms with van der Waals surface area (Å²) in [5, 5.41) is 9.18. The van der Waals surface area contributed by atoms with Crippen molar-refractivity contribution in [2.24, 2.45) is 0 Å². The van der Waals surface area contributed by atoms with Crippen LogP contribution in [0.5, 0.6) is 5.75 Å². The van der Waals surface area contributed by atoms with Gasteiger partial charge in [-0.25, -0.2) is 0 Å². The Morgan fingerprint density at radius 3 is 2.36 bits per heavy atom. The fourth-order valence-corrected chi connectivity index (χ4v) is 5.53. The van der Waals surface area contributed by atoms with E-state index in [2.05, 4.69) is 40.1 Å². The average molecular weight is 402 g/mol. The van der Waals surface area contributed by atoms with Gasteiger partial charge in [0, 0.05) is 4.88 Å². The molecule has 2 N–H and O–H groups in total. The first-order chi connectivity index (χ1) is 13.2. The molecule has 4 nitrogen and oxygen atoms in total. The van der Waals surface area contributed by atoms with Crippen molar-refractivity contribution in [3.05, 3.63) is 57.0 Å². The zero-order valence-electron chi connectivity index (χ0n) is 17.7. The highest BCUT2D eigenvalue weighted by molar-refractivity contribution is 7.13. The second-order valence-corrected chi connectivity index (χ2v) is 9.81. The fraction of sp³-hybridized carbons (Fsp3) is 0.478. The van der Waals surface area contributed by atoms with Gasteiger partial charge in [0.2, 0.25) is 0 Å². The number of fused-ring (bicyclic) bond motifs is 1. The van der Waals surface area contributed by atoms with Gasteiger partial charge in [-0.1, -0.05) is 39.8 Å². The lowest BCUT2D eigenvalue weighted by Crippen LogP contribution is -2.32. The second kappa shape index (κ2) is 7.90. The van der Waals surface area contributed by atoms with Crippen LogP contribution in [0.15, 0.2) is 30.5 Å². The highest BCUT2D eigenvalue weighted by atomic mass is 32.1. The van der Waals surface area contributed by atoms with E-state index in [1.54, 1.807) is 13.4 Å². The molecule has 0 atom stereocenters. The highest BCUT2D eigenvalue weighted by Crippen LogP contribution is 2.52. The van der Waals surface area contributed by atoms with Crippen LogP contribution in [0, 0.1) is 6.92 Å². The minimum absolute atomic E-state index is 0.0259. The van der Waals surface area contributed by atoms with Crippen molar-refractivity contribution in [3.63, 3.8) is 0 Å². The molecule has 1 aromatic carbocycles. The molecule has 0 amide bonds. The van der Waals surface area contributed by atoms with Crippen molar-refractivity contribution in [3.8, 4) is 5.75 Å². The molecule has 3 rings (SSSR count). The third-order valence-corrected chi connectivity index (χ3v) is 7.38. The van der Waals surface area contributed by atoms with E-state index in [1.807, 2.05) is 35.6 Å². The number of thiophene rings is 1. The molecule has 0 radical (unpaired) electrons. The summed E-state index contributed by atoms with van der Waals surface area (Å²) >= 11 is 1.84. The van der Waals surface area contributed by atoms with E-state index in [0.717, 1.165) is 16.1 Å². The van der Waals surface area contributed by atoms with Crippen molar-refractivity contribution in [1.82, 2.24) is 5.48 Å². The molecule has 152 valence electrons. The van der Waals surface area contributed by atoms with Gasteiger partial charge in [0.25, 0.3) is 0 Å². The summed E-state index contributed by atoms with van der Waals surface area (Å²) in [6.45, 7) is 11.6. The number of rotatable bonds is 6. The lowest BCUT2D eigenvalue weighted by molar-refractivity contribution is 0.135. The molecule has 1 aliphatic carbocycles. The van der Waals surface area contributed by atoms with Crippen LogP contribution in [0.1, 0.15) is 67.0 Å². The fourth-order valence-electron chi connectivity index (χ4n) is 3.96. The van der Waals surface area contributed by atoms with Crippen LogP contribution in [0.2, 0.25) is 0 Å². The molecule has 2 aromatic rings. The Morgan fingerprint density at radius 1 is 1.14 bits per heavy atom. The summed E-state index contributed by atoms with van der Waals surface area (Å²) in [5.74, 6) is 0.715. The topological polar surface area (TPSA) is 50.7 Å². The first kappa shape index (κ1) is 20.9. The predicted octanol–water partition coefficient (Wildman–Crippen LogP) is 5.43. The standard InChI is InChI=1S/C23H31NO3S/c1-15-19-21(23(4,5)12-11-22(19,2)3)28-20(15)18(24-26-6)14-27-17-9-7-16(13-25)8-10-17/h7-10,14,24-25H,11-13H2,1-6H3. The van der Waals surface area contributed by atoms with E-state index in [-0.39, 0.29) is 17.4 Å². The number of benzene rings is 1. The molecule has 0 aliphatic heterocycles. The van der Waals surface area contributed by atoms with E-state index in [9.17, 15) is 5.11 Å². The number of aliphatic hydroxyl groups is 1. The highest BCUT2D eigenvalue weighted by Gasteiger charge is 2.41. The van der Waals surface area contributed by atoms with E-state index in [0.29, 0.717) is 5.75 Å². The van der Waals surface area contributed by atoms with Gasteiger partial charge in [0.15, 0.2) is 0 Å². The summed E-state index contributed by atoms with van der Waals surface area (Å²) in [6, 6.07) is 7.41. The van der Waals surface area contributed by atoms with Crippen LogP contribution >= 0.6 is 11.3 Å². The maximum atomic E-state index is 9.18. The first-order valence-corrected chi connectivity index (χ1v) is 10.5. The third-order valence-electron chi connectivity index (χ3n) is 5.69. The van der Waals surface area contributed by atoms with E-state index in [1.165, 1.54) is 28.8 Å². The minimum atomic E-state index is 0.0259. The maximum absolute atomic E-state index is 9.18. The summed E-state index contributed by atoms with van der Waals surface area (Å²) < 4.78 is 5.89. The smallest absolute Gasteiger partial charge is 0.126 e. The van der Waals surface area contributed by atoms with E-state index in [4.69, 9.17) is 9.57 Å². The molecule has 0 bridgehead atoms. The Kier molecular flexibility index (Phi) is 5.89. The van der Waals surface area contributed by atoms with Gasteiger partial charge < -0.3 is 9.84 Å². The quantitative estimate of drug-likeness (QED) is 0.501. The third kappa shape index (κ3) is 3.97. The number of nitrogens with one attached hydrogen (secondary N) is 1. The van der Waals surface area contributed by atoms with Gasteiger partial charge in [0.1, 0.15) is 17.7 Å². The van der Waals surface area contributed by atoms with Crippen molar-refractivity contribution in [1.29, 1.82) is 0 Å². The van der Waals surface area contributed by atoms with Crippen molar-refractivity contribution < 1.29 is 14.7 Å². The Morgan fingerprint density at radius 2 is 1.79 bits per heavy atom. The second-order valence-electron chi connectivity index (χ2n) is 8.79. The Labute approximate surface area is 172 Å². The van der Waals surface area contributed by atoms with Gasteiger partial charge in [-0.05, 0) is 59.4 Å². The molecular formula is C23H31NO3S. The molecular weight excluding hydrogens is 370 g/mol. The lowest BCUT2D eigenvalue weighted by Gasteiger charge is -2.39. The summed E-state index contributed by atoms with van der Waals surface area (Å²) in [6.07, 6.45) is 4.09. The molecule has 0 unspecified atom stereocenters. The van der Waals surface area contributed by atoms with Crippen LogP contribution in [-0.4, -0.2) is 12.2 Å². The number of hydroxylamine groups is 1. The lowest BCUT2D eigenvalue weighted by atomic mass is 9.66. The molecule has 1 heterocycles. The van der Waals surface area contributed by atoms with Crippen LogP contribution in [-0.2, 0) is 22.3 Å². The summed E-state index contributed by atoms with van der Waals surface area (Å²) in [5.41, 5.74) is 7.80. The monoisotopic (exact) mass is 401 g/mol. The molecule has 28 heavy (non-hydrogen) atoms. The van der Waals surface area contributed by atoms with E-state index < -0.39 is 0 Å². The summed E-state index contributed by atoms with van der Waals surface area (Å²) in [7, 11) is 1.61. The van der Waals surface area contributed by atoms with Gasteiger partial charge in [-0.15, -0.1) is 11.3 Å². The van der Waals surface area contributed by atoms with Crippen molar-refractivity contribution >= 4 is 17.0 Å².